The third kappa shape index (κ3) is 4.67. The Bertz CT molecular complexity index is 1060. The van der Waals surface area contributed by atoms with Crippen LogP contribution in [0.15, 0.2) is 53.4 Å². The van der Waals surface area contributed by atoms with E-state index < -0.39 is 9.84 Å². The van der Waals surface area contributed by atoms with Crippen LogP contribution in [-0.4, -0.2) is 47.9 Å². The molecule has 0 saturated heterocycles. The zero-order valence-corrected chi connectivity index (χ0v) is 15.5. The van der Waals surface area contributed by atoms with Crippen LogP contribution in [0.25, 0.3) is 11.4 Å². The predicted octanol–water partition coefficient (Wildman–Crippen LogP) is 1.39. The monoisotopic (exact) mass is 387 g/mol. The maximum absolute atomic E-state index is 12.1. The second-order valence-corrected chi connectivity index (χ2v) is 7.74. The Kier molecular flexibility index (Phi) is 5.17. The topological polar surface area (TPSA) is 116 Å². The zero-order chi connectivity index (χ0) is 19.4. The van der Waals surface area contributed by atoms with Crippen LogP contribution in [0.3, 0.4) is 0 Å². The molecule has 1 amide bonds. The Morgan fingerprint density at radius 2 is 1.93 bits per heavy atom. The Balaban J connectivity index is 1.67. The standard InChI is InChI=1S/C17H17N5O4S/c1-26-14-5-3-4-13(10-14)18-16(23)11-22-20-17(19-21-22)12-6-8-15(9-7-12)27(2,24)25/h3-10H,11H2,1-2H3,(H,18,23). The number of nitrogens with zero attached hydrogens (tertiary/aromatic N) is 4. The molecule has 0 bridgehead atoms. The molecule has 0 saturated carbocycles. The lowest BCUT2D eigenvalue weighted by molar-refractivity contribution is -0.117. The van der Waals surface area contributed by atoms with Crippen LogP contribution in [0.1, 0.15) is 0 Å². The summed E-state index contributed by atoms with van der Waals surface area (Å²) in [7, 11) is -1.72. The Hall–Kier alpha value is -3.27. The minimum Gasteiger partial charge on any atom is -0.497 e. The number of ether oxygens (including phenoxy) is 1. The zero-order valence-electron chi connectivity index (χ0n) is 14.7. The van der Waals surface area contributed by atoms with Crippen LogP contribution in [0.5, 0.6) is 5.75 Å². The number of tetrazole rings is 1. The Morgan fingerprint density at radius 3 is 2.59 bits per heavy atom. The molecule has 2 aromatic carbocycles. The molecule has 27 heavy (non-hydrogen) atoms. The highest BCUT2D eigenvalue weighted by molar-refractivity contribution is 7.90. The number of anilines is 1. The van der Waals surface area contributed by atoms with E-state index in [1.165, 1.54) is 12.1 Å². The van der Waals surface area contributed by atoms with Crippen molar-refractivity contribution < 1.29 is 17.9 Å². The van der Waals surface area contributed by atoms with Gasteiger partial charge in [-0.2, -0.15) is 4.80 Å². The van der Waals surface area contributed by atoms with Gasteiger partial charge in [0.25, 0.3) is 0 Å². The largest absolute Gasteiger partial charge is 0.497 e. The molecule has 140 valence electrons. The Morgan fingerprint density at radius 1 is 1.19 bits per heavy atom. The van der Waals surface area contributed by atoms with Gasteiger partial charge in [0.1, 0.15) is 12.3 Å². The van der Waals surface area contributed by atoms with Gasteiger partial charge in [0, 0.05) is 23.6 Å². The number of benzene rings is 2. The average Bonchev–Trinajstić information content (AvgIpc) is 3.09. The summed E-state index contributed by atoms with van der Waals surface area (Å²) in [6.07, 6.45) is 1.14. The van der Waals surface area contributed by atoms with E-state index in [1.54, 1.807) is 43.5 Å². The fraction of sp³-hybridized carbons (Fsp3) is 0.176. The summed E-state index contributed by atoms with van der Waals surface area (Å²) in [4.78, 5) is 13.5. The van der Waals surface area contributed by atoms with Gasteiger partial charge < -0.3 is 10.1 Å². The molecule has 1 aromatic heterocycles. The number of hydrogen-bond donors (Lipinski definition) is 1. The van der Waals surface area contributed by atoms with E-state index in [-0.39, 0.29) is 17.3 Å². The van der Waals surface area contributed by atoms with Crippen molar-refractivity contribution in [3.8, 4) is 17.1 Å². The summed E-state index contributed by atoms with van der Waals surface area (Å²) in [6, 6.07) is 13.1. The van der Waals surface area contributed by atoms with Crippen LogP contribution < -0.4 is 10.1 Å². The number of hydrogen-bond acceptors (Lipinski definition) is 7. The van der Waals surface area contributed by atoms with Crippen molar-refractivity contribution in [1.29, 1.82) is 0 Å². The van der Waals surface area contributed by atoms with Gasteiger partial charge in [0.15, 0.2) is 9.84 Å². The van der Waals surface area contributed by atoms with Crippen molar-refractivity contribution in [2.45, 2.75) is 11.4 Å². The number of sulfone groups is 1. The first kappa shape index (κ1) is 18.5. The fourth-order valence-electron chi connectivity index (χ4n) is 2.31. The summed E-state index contributed by atoms with van der Waals surface area (Å²) >= 11 is 0. The van der Waals surface area contributed by atoms with Crippen LogP contribution in [-0.2, 0) is 21.2 Å². The lowest BCUT2D eigenvalue weighted by Gasteiger charge is -2.06. The van der Waals surface area contributed by atoms with Crippen molar-refractivity contribution >= 4 is 21.4 Å². The van der Waals surface area contributed by atoms with E-state index in [1.807, 2.05) is 0 Å². The van der Waals surface area contributed by atoms with Crippen molar-refractivity contribution in [3.05, 3.63) is 48.5 Å². The number of nitrogens with one attached hydrogen (secondary N) is 1. The molecule has 9 nitrogen and oxygen atoms in total. The van der Waals surface area contributed by atoms with E-state index in [0.29, 0.717) is 22.8 Å². The first-order valence-electron chi connectivity index (χ1n) is 7.87. The van der Waals surface area contributed by atoms with Crippen LogP contribution in [0, 0.1) is 0 Å². The minimum absolute atomic E-state index is 0.119. The highest BCUT2D eigenvalue weighted by Gasteiger charge is 2.12. The molecule has 1 N–H and O–H groups in total. The second kappa shape index (κ2) is 7.54. The van der Waals surface area contributed by atoms with Crippen LogP contribution >= 0.6 is 0 Å². The van der Waals surface area contributed by atoms with Crippen molar-refractivity contribution in [3.63, 3.8) is 0 Å². The van der Waals surface area contributed by atoms with Crippen LogP contribution in [0.4, 0.5) is 5.69 Å². The van der Waals surface area contributed by atoms with E-state index in [4.69, 9.17) is 4.74 Å². The van der Waals surface area contributed by atoms with Gasteiger partial charge in [0.2, 0.25) is 11.7 Å². The molecule has 10 heteroatoms. The smallest absolute Gasteiger partial charge is 0.248 e. The summed E-state index contributed by atoms with van der Waals surface area (Å²) < 4.78 is 28.1. The third-order valence-electron chi connectivity index (χ3n) is 3.63. The summed E-state index contributed by atoms with van der Waals surface area (Å²) in [5, 5.41) is 14.6. The molecule has 0 aliphatic carbocycles. The van der Waals surface area contributed by atoms with Gasteiger partial charge in [-0.1, -0.05) is 6.07 Å². The average molecular weight is 387 g/mol. The lowest BCUT2D eigenvalue weighted by atomic mass is 10.2. The summed E-state index contributed by atoms with van der Waals surface area (Å²) in [5.41, 5.74) is 1.19. The van der Waals surface area contributed by atoms with Gasteiger partial charge in [-0.25, -0.2) is 8.42 Å². The fourth-order valence-corrected chi connectivity index (χ4v) is 2.94. The van der Waals surface area contributed by atoms with Gasteiger partial charge in [-0.3, -0.25) is 4.79 Å². The lowest BCUT2D eigenvalue weighted by Crippen LogP contribution is -2.20. The number of rotatable bonds is 6. The molecule has 3 aromatic rings. The van der Waals surface area contributed by atoms with Gasteiger partial charge in [-0.15, -0.1) is 10.2 Å². The normalized spacial score (nSPS) is 11.2. The van der Waals surface area contributed by atoms with E-state index in [9.17, 15) is 13.2 Å². The summed E-state index contributed by atoms with van der Waals surface area (Å²) in [6.45, 7) is -0.119. The highest BCUT2D eigenvalue weighted by atomic mass is 32.2. The quantitative estimate of drug-likeness (QED) is 0.679. The van der Waals surface area contributed by atoms with Gasteiger partial charge >= 0.3 is 0 Å². The van der Waals surface area contributed by atoms with Crippen molar-refractivity contribution in [1.82, 2.24) is 20.2 Å². The van der Waals surface area contributed by atoms with Crippen molar-refractivity contribution in [2.24, 2.45) is 0 Å². The molecular formula is C17H17N5O4S. The van der Waals surface area contributed by atoms with Gasteiger partial charge in [-0.05, 0) is 41.6 Å². The molecule has 0 spiro atoms. The maximum atomic E-state index is 12.1. The SMILES string of the molecule is COc1cccc(NC(=O)Cn2nnc(-c3ccc(S(C)(=O)=O)cc3)n2)c1. The number of methoxy groups -OCH3 is 1. The van der Waals surface area contributed by atoms with Gasteiger partial charge in [0.05, 0.1) is 12.0 Å². The third-order valence-corrected chi connectivity index (χ3v) is 4.76. The molecule has 0 radical (unpaired) electrons. The molecular weight excluding hydrogens is 370 g/mol. The second-order valence-electron chi connectivity index (χ2n) is 5.72. The summed E-state index contributed by atoms with van der Waals surface area (Å²) in [5.74, 6) is 0.607. The number of aromatic nitrogens is 4. The first-order chi connectivity index (χ1) is 12.8. The molecule has 0 aliphatic rings. The predicted molar refractivity (Wildman–Crippen MR) is 98.0 cm³/mol. The van der Waals surface area contributed by atoms with E-state index >= 15 is 0 Å². The molecule has 0 unspecified atom stereocenters. The Labute approximate surface area is 155 Å². The number of carbonyl (C=O) groups excluding carboxylic acids is 1. The maximum Gasteiger partial charge on any atom is 0.248 e. The first-order valence-corrected chi connectivity index (χ1v) is 9.76. The molecule has 0 atom stereocenters. The molecule has 0 aliphatic heterocycles. The highest BCUT2D eigenvalue weighted by Crippen LogP contribution is 2.18. The molecule has 0 fully saturated rings. The van der Waals surface area contributed by atoms with E-state index in [0.717, 1.165) is 11.1 Å². The molecule has 3 rings (SSSR count). The number of carbonyl (C=O) groups is 1. The van der Waals surface area contributed by atoms with Crippen LogP contribution in [0.2, 0.25) is 0 Å². The molecule has 1 heterocycles. The number of amides is 1. The van der Waals surface area contributed by atoms with E-state index in [2.05, 4.69) is 20.7 Å². The van der Waals surface area contributed by atoms with Crippen molar-refractivity contribution in [2.75, 3.05) is 18.7 Å². The minimum atomic E-state index is -3.27.